The highest BCUT2D eigenvalue weighted by Gasteiger charge is 2.21. The molecule has 1 aromatic carbocycles. The highest BCUT2D eigenvalue weighted by molar-refractivity contribution is 7.14. The number of aromatic amines is 1. The number of amides is 2. The molecule has 0 atom stereocenters. The maximum absolute atomic E-state index is 12.6. The van der Waals surface area contributed by atoms with E-state index >= 15 is 0 Å². The molecule has 4 rings (SSSR count). The smallest absolute Gasteiger partial charge is 0.258 e. The predicted octanol–water partition coefficient (Wildman–Crippen LogP) is 2.21. The molecule has 7 nitrogen and oxygen atoms in total. The minimum Gasteiger partial charge on any atom is -0.338 e. The van der Waals surface area contributed by atoms with Crippen molar-refractivity contribution in [2.24, 2.45) is 0 Å². The molecule has 0 fully saturated rings. The van der Waals surface area contributed by atoms with Crippen LogP contribution < -0.4 is 10.9 Å². The molecule has 0 aliphatic carbocycles. The molecule has 2 amide bonds. The van der Waals surface area contributed by atoms with E-state index in [4.69, 9.17) is 0 Å². The molecule has 0 saturated heterocycles. The van der Waals surface area contributed by atoms with Gasteiger partial charge >= 0.3 is 0 Å². The first-order valence-corrected chi connectivity index (χ1v) is 9.75. The quantitative estimate of drug-likeness (QED) is 0.709. The lowest BCUT2D eigenvalue weighted by Crippen LogP contribution is -2.36. The summed E-state index contributed by atoms with van der Waals surface area (Å²) in [6, 6.07) is 10.9. The SMILES string of the molecule is O=C(Nc1nc(CC(=O)N2CCc3ccccc3C2)cs1)c1ccc(=O)[nH]c1. The topological polar surface area (TPSA) is 95.2 Å². The Morgan fingerprint density at radius 3 is 2.79 bits per heavy atom. The number of hydrogen-bond acceptors (Lipinski definition) is 5. The van der Waals surface area contributed by atoms with Crippen LogP contribution in [0.5, 0.6) is 0 Å². The van der Waals surface area contributed by atoms with Crippen LogP contribution in [0.25, 0.3) is 0 Å². The van der Waals surface area contributed by atoms with Crippen molar-refractivity contribution >= 4 is 28.3 Å². The summed E-state index contributed by atoms with van der Waals surface area (Å²) in [6.07, 6.45) is 2.41. The van der Waals surface area contributed by atoms with Gasteiger partial charge in [-0.15, -0.1) is 11.3 Å². The first-order valence-electron chi connectivity index (χ1n) is 8.87. The zero-order chi connectivity index (χ0) is 19.5. The molecular weight excluding hydrogens is 376 g/mol. The van der Waals surface area contributed by atoms with E-state index in [9.17, 15) is 14.4 Å². The number of nitrogens with zero attached hydrogens (tertiary/aromatic N) is 2. The summed E-state index contributed by atoms with van der Waals surface area (Å²) in [6.45, 7) is 1.32. The van der Waals surface area contributed by atoms with E-state index in [0.717, 1.165) is 6.42 Å². The fraction of sp³-hybridized carbons (Fsp3) is 0.200. The number of thiazole rings is 1. The molecule has 0 unspecified atom stereocenters. The van der Waals surface area contributed by atoms with E-state index in [2.05, 4.69) is 27.4 Å². The summed E-state index contributed by atoms with van der Waals surface area (Å²) in [4.78, 5) is 44.5. The third-order valence-electron chi connectivity index (χ3n) is 4.63. The molecule has 3 heterocycles. The lowest BCUT2D eigenvalue weighted by atomic mass is 10.00. The Balaban J connectivity index is 1.37. The van der Waals surface area contributed by atoms with Crippen LogP contribution >= 0.6 is 11.3 Å². The Morgan fingerprint density at radius 2 is 2.00 bits per heavy atom. The predicted molar refractivity (Wildman–Crippen MR) is 106 cm³/mol. The molecule has 1 aliphatic rings. The number of nitrogens with one attached hydrogen (secondary N) is 2. The first-order chi connectivity index (χ1) is 13.6. The molecule has 1 aliphatic heterocycles. The number of benzene rings is 1. The van der Waals surface area contributed by atoms with Crippen molar-refractivity contribution < 1.29 is 9.59 Å². The van der Waals surface area contributed by atoms with Crippen LogP contribution in [0.2, 0.25) is 0 Å². The lowest BCUT2D eigenvalue weighted by Gasteiger charge is -2.28. The van der Waals surface area contributed by atoms with Gasteiger partial charge in [-0.05, 0) is 23.6 Å². The zero-order valence-electron chi connectivity index (χ0n) is 15.0. The van der Waals surface area contributed by atoms with Gasteiger partial charge in [0.15, 0.2) is 5.13 Å². The summed E-state index contributed by atoms with van der Waals surface area (Å²) >= 11 is 1.27. The number of aromatic nitrogens is 2. The van der Waals surface area contributed by atoms with Crippen molar-refractivity contribution in [3.63, 3.8) is 0 Å². The van der Waals surface area contributed by atoms with E-state index in [0.29, 0.717) is 29.5 Å². The largest absolute Gasteiger partial charge is 0.338 e. The van der Waals surface area contributed by atoms with Crippen LogP contribution in [0.4, 0.5) is 5.13 Å². The average molecular weight is 394 g/mol. The Kier molecular flexibility index (Phi) is 5.03. The fourth-order valence-electron chi connectivity index (χ4n) is 3.14. The van der Waals surface area contributed by atoms with Crippen molar-refractivity contribution in [1.82, 2.24) is 14.9 Å². The molecule has 0 saturated carbocycles. The first kappa shape index (κ1) is 18.1. The van der Waals surface area contributed by atoms with E-state index in [-0.39, 0.29) is 23.8 Å². The molecule has 3 aromatic rings. The summed E-state index contributed by atoms with van der Waals surface area (Å²) < 4.78 is 0. The number of H-pyrrole nitrogens is 1. The average Bonchev–Trinajstić information content (AvgIpc) is 3.14. The molecule has 8 heteroatoms. The fourth-order valence-corrected chi connectivity index (χ4v) is 3.85. The van der Waals surface area contributed by atoms with Crippen molar-refractivity contribution in [2.45, 2.75) is 19.4 Å². The summed E-state index contributed by atoms with van der Waals surface area (Å²) in [7, 11) is 0. The molecule has 0 spiro atoms. The van der Waals surface area contributed by atoms with Gasteiger partial charge in [0, 0.05) is 30.7 Å². The Morgan fingerprint density at radius 1 is 1.18 bits per heavy atom. The maximum Gasteiger partial charge on any atom is 0.258 e. The molecule has 2 N–H and O–H groups in total. The third-order valence-corrected chi connectivity index (χ3v) is 5.44. The molecular formula is C20H18N4O3S. The second-order valence-corrected chi connectivity index (χ2v) is 7.41. The van der Waals surface area contributed by atoms with E-state index in [1.165, 1.54) is 40.8 Å². The van der Waals surface area contributed by atoms with Crippen LogP contribution in [-0.2, 0) is 24.2 Å². The molecule has 2 aromatic heterocycles. The number of anilines is 1. The van der Waals surface area contributed by atoms with Crippen LogP contribution in [0, 0.1) is 0 Å². The highest BCUT2D eigenvalue weighted by Crippen LogP contribution is 2.21. The van der Waals surface area contributed by atoms with Gasteiger partial charge in [0.2, 0.25) is 11.5 Å². The number of carbonyl (C=O) groups is 2. The minimum atomic E-state index is -0.365. The van der Waals surface area contributed by atoms with Crippen LogP contribution in [0.3, 0.4) is 0 Å². The summed E-state index contributed by atoms with van der Waals surface area (Å²) in [5, 5.41) is 4.88. The van der Waals surface area contributed by atoms with Crippen molar-refractivity contribution in [1.29, 1.82) is 0 Å². The number of rotatable bonds is 4. The van der Waals surface area contributed by atoms with Crippen LogP contribution in [0.1, 0.15) is 27.2 Å². The number of hydrogen-bond donors (Lipinski definition) is 2. The van der Waals surface area contributed by atoms with E-state index in [1.807, 2.05) is 17.0 Å². The molecule has 0 radical (unpaired) electrons. The Bertz CT molecular complexity index is 1070. The second kappa shape index (κ2) is 7.77. The van der Waals surface area contributed by atoms with Crippen LogP contribution in [0.15, 0.2) is 52.8 Å². The van der Waals surface area contributed by atoms with Gasteiger partial charge in [-0.2, -0.15) is 0 Å². The number of carbonyl (C=O) groups excluding carboxylic acids is 2. The highest BCUT2D eigenvalue weighted by atomic mass is 32.1. The monoisotopic (exact) mass is 394 g/mol. The summed E-state index contributed by atoms with van der Waals surface area (Å²) in [5.74, 6) is -0.338. The maximum atomic E-state index is 12.6. The van der Waals surface area contributed by atoms with Gasteiger partial charge in [0.25, 0.3) is 5.91 Å². The van der Waals surface area contributed by atoms with E-state index in [1.54, 1.807) is 5.38 Å². The summed E-state index contributed by atoms with van der Waals surface area (Å²) in [5.41, 5.74) is 3.18. The Hall–Kier alpha value is -3.26. The number of fused-ring (bicyclic) bond motifs is 1. The molecule has 28 heavy (non-hydrogen) atoms. The van der Waals surface area contributed by atoms with Crippen molar-refractivity contribution in [2.75, 3.05) is 11.9 Å². The second-order valence-electron chi connectivity index (χ2n) is 6.55. The minimum absolute atomic E-state index is 0.0262. The molecule has 142 valence electrons. The zero-order valence-corrected chi connectivity index (χ0v) is 15.8. The number of pyridine rings is 1. The van der Waals surface area contributed by atoms with Crippen molar-refractivity contribution in [3.8, 4) is 0 Å². The van der Waals surface area contributed by atoms with Gasteiger partial charge < -0.3 is 9.88 Å². The van der Waals surface area contributed by atoms with E-state index < -0.39 is 0 Å². The standard InChI is InChI=1S/C20H18N4O3S/c25-17-6-5-14(10-21-17)19(27)23-20-22-16(12-28-20)9-18(26)24-8-7-13-3-1-2-4-15(13)11-24/h1-6,10,12H,7-9,11H2,(H,21,25)(H,22,23,27). The Labute approximate surface area is 165 Å². The van der Waals surface area contributed by atoms with Crippen LogP contribution in [-0.4, -0.2) is 33.2 Å². The van der Waals surface area contributed by atoms with Gasteiger partial charge in [-0.25, -0.2) is 4.98 Å². The lowest BCUT2D eigenvalue weighted by molar-refractivity contribution is -0.131. The van der Waals surface area contributed by atoms with Crippen molar-refractivity contribution in [3.05, 3.63) is 80.7 Å². The third kappa shape index (κ3) is 4.01. The molecule has 0 bridgehead atoms. The van der Waals surface area contributed by atoms with Gasteiger partial charge in [-0.1, -0.05) is 24.3 Å². The van der Waals surface area contributed by atoms with Gasteiger partial charge in [0.05, 0.1) is 17.7 Å². The normalized spacial score (nSPS) is 13.1. The van der Waals surface area contributed by atoms with Gasteiger partial charge in [-0.3, -0.25) is 19.7 Å². The van der Waals surface area contributed by atoms with Gasteiger partial charge in [0.1, 0.15) is 0 Å².